The number of ether oxygens (including phenoxy) is 3. The lowest BCUT2D eigenvalue weighted by atomic mass is 10.2. The first-order valence-electron chi connectivity index (χ1n) is 7.79. The summed E-state index contributed by atoms with van der Waals surface area (Å²) in [5.74, 6) is 0.875. The number of benzene rings is 1. The van der Waals surface area contributed by atoms with Crippen LogP contribution in [0.3, 0.4) is 0 Å². The van der Waals surface area contributed by atoms with Crippen LogP contribution in [-0.4, -0.2) is 52.8 Å². The quantitative estimate of drug-likeness (QED) is 0.656. The summed E-state index contributed by atoms with van der Waals surface area (Å²) in [7, 11) is 4.71. The molecule has 1 aromatic carbocycles. The maximum Gasteiger partial charge on any atom is 0.223 e. The predicted molar refractivity (Wildman–Crippen MR) is 91.7 cm³/mol. The maximum absolute atomic E-state index is 12.0. The number of nitrogens with zero attached hydrogens (tertiary/aromatic N) is 1. The van der Waals surface area contributed by atoms with Gasteiger partial charge in [0.05, 0.1) is 19.9 Å². The van der Waals surface area contributed by atoms with Gasteiger partial charge < -0.3 is 24.4 Å². The fourth-order valence-electron chi connectivity index (χ4n) is 2.20. The summed E-state index contributed by atoms with van der Waals surface area (Å²) in [5.41, 5.74) is 0.580. The molecule has 0 aliphatic carbocycles. The number of carbonyl (C=O) groups is 2. The van der Waals surface area contributed by atoms with Crippen LogP contribution in [0.5, 0.6) is 11.5 Å². The van der Waals surface area contributed by atoms with Gasteiger partial charge in [0.2, 0.25) is 11.8 Å². The molecule has 0 fully saturated rings. The van der Waals surface area contributed by atoms with Gasteiger partial charge in [-0.05, 0) is 18.6 Å². The van der Waals surface area contributed by atoms with Gasteiger partial charge >= 0.3 is 0 Å². The van der Waals surface area contributed by atoms with Crippen molar-refractivity contribution in [2.45, 2.75) is 19.8 Å². The van der Waals surface area contributed by atoms with Crippen molar-refractivity contribution in [3.05, 3.63) is 18.2 Å². The average molecular weight is 338 g/mol. The number of carbonyl (C=O) groups excluding carboxylic acids is 2. The molecule has 7 nitrogen and oxygen atoms in total. The van der Waals surface area contributed by atoms with E-state index in [1.165, 1.54) is 18.9 Å². The van der Waals surface area contributed by atoms with Crippen molar-refractivity contribution in [1.82, 2.24) is 5.32 Å². The SMILES string of the molecule is COCCCNC(=O)CCN(C(C)=O)c1cc(OC)ccc1OC. The second-order valence-corrected chi connectivity index (χ2v) is 5.15. The molecule has 0 bridgehead atoms. The molecule has 0 spiro atoms. The van der Waals surface area contributed by atoms with E-state index in [0.29, 0.717) is 30.3 Å². The Morgan fingerprint density at radius 1 is 1.17 bits per heavy atom. The molecule has 0 aliphatic heterocycles. The molecule has 7 heteroatoms. The molecule has 0 radical (unpaired) electrons. The van der Waals surface area contributed by atoms with Crippen LogP contribution in [0, 0.1) is 0 Å². The number of methoxy groups -OCH3 is 3. The van der Waals surface area contributed by atoms with Gasteiger partial charge in [0.25, 0.3) is 0 Å². The van der Waals surface area contributed by atoms with E-state index in [9.17, 15) is 9.59 Å². The van der Waals surface area contributed by atoms with Crippen LogP contribution >= 0.6 is 0 Å². The Balaban J connectivity index is 2.74. The third kappa shape index (κ3) is 6.08. The minimum absolute atomic E-state index is 0.112. The highest BCUT2D eigenvalue weighted by atomic mass is 16.5. The Morgan fingerprint density at radius 2 is 1.92 bits per heavy atom. The first kappa shape index (κ1) is 19.8. The number of nitrogens with one attached hydrogen (secondary N) is 1. The van der Waals surface area contributed by atoms with E-state index >= 15 is 0 Å². The van der Waals surface area contributed by atoms with Crippen molar-refractivity contribution in [3.8, 4) is 11.5 Å². The van der Waals surface area contributed by atoms with Crippen LogP contribution in [-0.2, 0) is 14.3 Å². The first-order valence-corrected chi connectivity index (χ1v) is 7.79. The minimum atomic E-state index is -0.172. The van der Waals surface area contributed by atoms with Gasteiger partial charge in [0, 0.05) is 46.2 Å². The summed E-state index contributed by atoms with van der Waals surface area (Å²) < 4.78 is 15.4. The van der Waals surface area contributed by atoms with Gasteiger partial charge in [-0.25, -0.2) is 0 Å². The van der Waals surface area contributed by atoms with Crippen molar-refractivity contribution in [3.63, 3.8) is 0 Å². The second-order valence-electron chi connectivity index (χ2n) is 5.15. The largest absolute Gasteiger partial charge is 0.497 e. The molecule has 2 amide bonds. The van der Waals surface area contributed by atoms with Crippen molar-refractivity contribution in [2.24, 2.45) is 0 Å². The summed E-state index contributed by atoms with van der Waals surface area (Å²) >= 11 is 0. The van der Waals surface area contributed by atoms with E-state index in [-0.39, 0.29) is 24.8 Å². The molecule has 0 heterocycles. The van der Waals surface area contributed by atoms with Crippen LogP contribution in [0.15, 0.2) is 18.2 Å². The van der Waals surface area contributed by atoms with E-state index in [0.717, 1.165) is 6.42 Å². The number of amides is 2. The van der Waals surface area contributed by atoms with E-state index in [1.807, 2.05) is 0 Å². The first-order chi connectivity index (χ1) is 11.5. The number of hydrogen-bond donors (Lipinski definition) is 1. The standard InChI is InChI=1S/C17H26N2O5/c1-13(20)19(10-8-17(21)18-9-5-11-22-2)15-12-14(23-3)6-7-16(15)24-4/h6-7,12H,5,8-11H2,1-4H3,(H,18,21). The van der Waals surface area contributed by atoms with E-state index in [4.69, 9.17) is 14.2 Å². The van der Waals surface area contributed by atoms with Crippen molar-refractivity contribution < 1.29 is 23.8 Å². The van der Waals surface area contributed by atoms with Gasteiger partial charge in [-0.3, -0.25) is 9.59 Å². The molecule has 0 saturated carbocycles. The summed E-state index contributed by atoms with van der Waals surface area (Å²) in [4.78, 5) is 25.4. The minimum Gasteiger partial charge on any atom is -0.497 e. The molecule has 1 N–H and O–H groups in total. The lowest BCUT2D eigenvalue weighted by molar-refractivity contribution is -0.121. The molecular formula is C17H26N2O5. The summed E-state index contributed by atoms with van der Waals surface area (Å²) in [6.45, 7) is 2.86. The van der Waals surface area contributed by atoms with Crippen LogP contribution < -0.4 is 19.7 Å². The third-order valence-corrected chi connectivity index (χ3v) is 3.47. The molecule has 1 rings (SSSR count). The van der Waals surface area contributed by atoms with E-state index in [1.54, 1.807) is 32.4 Å². The van der Waals surface area contributed by atoms with Crippen LogP contribution in [0.4, 0.5) is 5.69 Å². The second kappa shape index (κ2) is 10.5. The Bertz CT molecular complexity index is 548. The van der Waals surface area contributed by atoms with Gasteiger partial charge in [0.1, 0.15) is 11.5 Å². The Hall–Kier alpha value is -2.28. The van der Waals surface area contributed by atoms with Gasteiger partial charge in [-0.1, -0.05) is 0 Å². The molecule has 0 saturated heterocycles. The Labute approximate surface area is 142 Å². The lowest BCUT2D eigenvalue weighted by Gasteiger charge is -2.23. The van der Waals surface area contributed by atoms with Crippen LogP contribution in [0.1, 0.15) is 19.8 Å². The highest BCUT2D eigenvalue weighted by Gasteiger charge is 2.18. The Kier molecular flexibility index (Phi) is 8.64. The molecule has 0 aromatic heterocycles. The third-order valence-electron chi connectivity index (χ3n) is 3.47. The molecular weight excluding hydrogens is 312 g/mol. The maximum atomic E-state index is 12.0. The highest BCUT2D eigenvalue weighted by molar-refractivity contribution is 5.94. The fraction of sp³-hybridized carbons (Fsp3) is 0.529. The zero-order chi connectivity index (χ0) is 17.9. The highest BCUT2D eigenvalue weighted by Crippen LogP contribution is 2.32. The normalized spacial score (nSPS) is 10.2. The average Bonchev–Trinajstić information content (AvgIpc) is 2.58. The van der Waals surface area contributed by atoms with Gasteiger partial charge in [0.15, 0.2) is 0 Å². The lowest BCUT2D eigenvalue weighted by Crippen LogP contribution is -2.34. The summed E-state index contributed by atoms with van der Waals surface area (Å²) in [5, 5.41) is 2.80. The number of hydrogen-bond acceptors (Lipinski definition) is 5. The van der Waals surface area contributed by atoms with Crippen molar-refractivity contribution in [2.75, 3.05) is 45.9 Å². The monoisotopic (exact) mass is 338 g/mol. The van der Waals surface area contributed by atoms with Crippen LogP contribution in [0.2, 0.25) is 0 Å². The molecule has 1 aromatic rings. The summed E-state index contributed by atoms with van der Waals surface area (Å²) in [6, 6.07) is 5.20. The Morgan fingerprint density at radius 3 is 2.50 bits per heavy atom. The van der Waals surface area contributed by atoms with Crippen molar-refractivity contribution >= 4 is 17.5 Å². The molecule has 24 heavy (non-hydrogen) atoms. The fourth-order valence-corrected chi connectivity index (χ4v) is 2.20. The topological polar surface area (TPSA) is 77.1 Å². The molecule has 134 valence electrons. The summed E-state index contributed by atoms with van der Waals surface area (Å²) in [6.07, 6.45) is 0.954. The number of anilines is 1. The zero-order valence-electron chi connectivity index (χ0n) is 14.8. The zero-order valence-corrected chi connectivity index (χ0v) is 14.8. The van der Waals surface area contributed by atoms with E-state index < -0.39 is 0 Å². The van der Waals surface area contributed by atoms with Gasteiger partial charge in [-0.15, -0.1) is 0 Å². The smallest absolute Gasteiger partial charge is 0.223 e. The van der Waals surface area contributed by atoms with Crippen molar-refractivity contribution in [1.29, 1.82) is 0 Å². The van der Waals surface area contributed by atoms with Crippen LogP contribution in [0.25, 0.3) is 0 Å². The van der Waals surface area contributed by atoms with Gasteiger partial charge in [-0.2, -0.15) is 0 Å². The molecule has 0 unspecified atom stereocenters. The molecule has 0 atom stereocenters. The number of rotatable bonds is 10. The predicted octanol–water partition coefficient (Wildman–Crippen LogP) is 1.60. The van der Waals surface area contributed by atoms with E-state index in [2.05, 4.69) is 5.32 Å². The molecule has 0 aliphatic rings.